The van der Waals surface area contributed by atoms with Gasteiger partial charge in [0.15, 0.2) is 0 Å². The highest BCUT2D eigenvalue weighted by atomic mass is 32.2. The van der Waals surface area contributed by atoms with Crippen molar-refractivity contribution in [2.75, 3.05) is 28.6 Å². The van der Waals surface area contributed by atoms with Gasteiger partial charge < -0.3 is 15.4 Å². The van der Waals surface area contributed by atoms with E-state index in [2.05, 4.69) is 10.6 Å². The van der Waals surface area contributed by atoms with E-state index in [0.717, 1.165) is 9.87 Å². The molecule has 9 heteroatoms. The number of ether oxygens (including phenoxy) is 1. The molecule has 172 valence electrons. The summed E-state index contributed by atoms with van der Waals surface area (Å²) < 4.78 is 33.4. The highest BCUT2D eigenvalue weighted by Gasteiger charge is 2.29. The van der Waals surface area contributed by atoms with Crippen LogP contribution in [0.15, 0.2) is 77.7 Å². The zero-order valence-corrected chi connectivity index (χ0v) is 19.3. The molecule has 2 N–H and O–H groups in total. The number of carbonyl (C=O) groups excluding carboxylic acids is 2. The van der Waals surface area contributed by atoms with E-state index in [1.165, 1.54) is 26.2 Å². The number of rotatable bonds is 8. The molecule has 0 aromatic heterocycles. The number of anilines is 3. The van der Waals surface area contributed by atoms with Gasteiger partial charge in [-0.2, -0.15) is 0 Å². The van der Waals surface area contributed by atoms with E-state index in [-0.39, 0.29) is 16.5 Å². The van der Waals surface area contributed by atoms with Gasteiger partial charge in [-0.25, -0.2) is 8.42 Å². The lowest BCUT2D eigenvalue weighted by Crippen LogP contribution is -2.38. The minimum absolute atomic E-state index is 0.0551. The molecule has 0 aliphatic rings. The third-order valence-electron chi connectivity index (χ3n) is 4.72. The van der Waals surface area contributed by atoms with E-state index < -0.39 is 22.5 Å². The number of benzene rings is 3. The van der Waals surface area contributed by atoms with Crippen molar-refractivity contribution in [2.45, 2.75) is 18.7 Å². The molecule has 33 heavy (non-hydrogen) atoms. The summed E-state index contributed by atoms with van der Waals surface area (Å²) in [6.07, 6.45) is 0. The number of nitrogens with zero attached hydrogens (tertiary/aromatic N) is 1. The first kappa shape index (κ1) is 23.8. The van der Waals surface area contributed by atoms with Gasteiger partial charge in [-0.05, 0) is 49.4 Å². The van der Waals surface area contributed by atoms with Crippen LogP contribution in [0.1, 0.15) is 12.5 Å². The normalized spacial score (nSPS) is 10.9. The Morgan fingerprint density at radius 2 is 1.55 bits per heavy atom. The Bertz CT molecular complexity index is 1260. The van der Waals surface area contributed by atoms with E-state index >= 15 is 0 Å². The van der Waals surface area contributed by atoms with Crippen LogP contribution in [-0.2, 0) is 19.6 Å². The second-order valence-corrected chi connectivity index (χ2v) is 9.17. The molecular formula is C24H25N3O5S. The Hall–Kier alpha value is -3.85. The number of carbonyl (C=O) groups is 2. The SMILES string of the molecule is COc1ccccc1N(CC(=O)Nc1cccc(NC(C)=O)c1)S(=O)(=O)c1ccc(C)cc1. The maximum absolute atomic E-state index is 13.5. The molecule has 0 fully saturated rings. The zero-order chi connectivity index (χ0) is 24.0. The number of amides is 2. The lowest BCUT2D eigenvalue weighted by Gasteiger charge is -2.25. The second-order valence-electron chi connectivity index (χ2n) is 7.31. The quantitative estimate of drug-likeness (QED) is 0.524. The third kappa shape index (κ3) is 5.89. The van der Waals surface area contributed by atoms with Crippen molar-refractivity contribution >= 4 is 38.9 Å². The highest BCUT2D eigenvalue weighted by Crippen LogP contribution is 2.32. The standard InChI is InChI=1S/C24H25N3O5S/c1-17-11-13-21(14-12-17)33(30,31)27(22-9-4-5-10-23(22)32-3)16-24(29)26-20-8-6-7-19(15-20)25-18(2)28/h4-15H,16H2,1-3H3,(H,25,28)(H,26,29). The van der Waals surface area contributed by atoms with Crippen molar-refractivity contribution < 1.29 is 22.7 Å². The summed E-state index contributed by atoms with van der Waals surface area (Å²) in [7, 11) is -2.65. The van der Waals surface area contributed by atoms with E-state index in [1.54, 1.807) is 60.7 Å². The maximum atomic E-state index is 13.5. The van der Waals surface area contributed by atoms with Gasteiger partial charge in [0.2, 0.25) is 11.8 Å². The van der Waals surface area contributed by atoms with Gasteiger partial charge in [0.25, 0.3) is 10.0 Å². The number of hydrogen-bond acceptors (Lipinski definition) is 5. The predicted octanol–water partition coefficient (Wildman–Crippen LogP) is 3.80. The topological polar surface area (TPSA) is 105 Å². The van der Waals surface area contributed by atoms with Crippen LogP contribution in [0.2, 0.25) is 0 Å². The number of nitrogens with one attached hydrogen (secondary N) is 2. The average Bonchev–Trinajstić information content (AvgIpc) is 2.77. The fourth-order valence-electron chi connectivity index (χ4n) is 3.18. The Morgan fingerprint density at radius 3 is 2.18 bits per heavy atom. The minimum atomic E-state index is -4.08. The van der Waals surface area contributed by atoms with E-state index in [4.69, 9.17) is 4.74 Å². The molecule has 0 heterocycles. The summed E-state index contributed by atoms with van der Waals surface area (Å²) in [6, 6.07) is 19.6. The van der Waals surface area contributed by atoms with Crippen LogP contribution in [-0.4, -0.2) is 33.9 Å². The Labute approximate surface area is 193 Å². The molecule has 0 unspecified atom stereocenters. The minimum Gasteiger partial charge on any atom is -0.495 e. The van der Waals surface area contributed by atoms with Crippen LogP contribution < -0.4 is 19.7 Å². The lowest BCUT2D eigenvalue weighted by molar-refractivity contribution is -0.115. The number of para-hydroxylation sites is 2. The maximum Gasteiger partial charge on any atom is 0.264 e. The second kappa shape index (κ2) is 10.2. The predicted molar refractivity (Wildman–Crippen MR) is 128 cm³/mol. The molecule has 0 aliphatic heterocycles. The van der Waals surface area contributed by atoms with E-state index in [0.29, 0.717) is 17.1 Å². The lowest BCUT2D eigenvalue weighted by atomic mass is 10.2. The van der Waals surface area contributed by atoms with Gasteiger partial charge in [-0.1, -0.05) is 35.9 Å². The summed E-state index contributed by atoms with van der Waals surface area (Å²) in [6.45, 7) is 2.75. The number of aryl methyl sites for hydroxylation is 1. The van der Waals surface area contributed by atoms with Gasteiger partial charge in [-0.15, -0.1) is 0 Å². The van der Waals surface area contributed by atoms with Crippen molar-refractivity contribution in [3.63, 3.8) is 0 Å². The largest absolute Gasteiger partial charge is 0.495 e. The van der Waals surface area contributed by atoms with Crippen LogP contribution in [0.25, 0.3) is 0 Å². The zero-order valence-electron chi connectivity index (χ0n) is 18.5. The smallest absolute Gasteiger partial charge is 0.264 e. The summed E-state index contributed by atoms with van der Waals surface area (Å²) in [5.74, 6) is -0.491. The first-order valence-electron chi connectivity index (χ1n) is 10.1. The van der Waals surface area contributed by atoms with Crippen LogP contribution in [0.3, 0.4) is 0 Å². The highest BCUT2D eigenvalue weighted by molar-refractivity contribution is 7.92. The molecule has 0 aliphatic carbocycles. The van der Waals surface area contributed by atoms with Crippen molar-refractivity contribution in [3.8, 4) is 5.75 Å². The van der Waals surface area contributed by atoms with Crippen LogP contribution in [0.4, 0.5) is 17.1 Å². The molecule has 0 saturated heterocycles. The number of sulfonamides is 1. The Balaban J connectivity index is 1.94. The van der Waals surface area contributed by atoms with Crippen molar-refractivity contribution in [1.29, 1.82) is 0 Å². The molecule has 0 spiro atoms. The molecule has 0 atom stereocenters. The first-order chi connectivity index (χ1) is 15.7. The molecule has 0 saturated carbocycles. The fourth-order valence-corrected chi connectivity index (χ4v) is 4.61. The van der Waals surface area contributed by atoms with Gasteiger partial charge in [0, 0.05) is 18.3 Å². The van der Waals surface area contributed by atoms with Crippen LogP contribution in [0, 0.1) is 6.92 Å². The summed E-state index contributed by atoms with van der Waals surface area (Å²) >= 11 is 0. The molecule has 2 amide bonds. The van der Waals surface area contributed by atoms with Crippen molar-refractivity contribution in [2.24, 2.45) is 0 Å². The molecule has 3 rings (SSSR count). The first-order valence-corrected chi connectivity index (χ1v) is 11.5. The summed E-state index contributed by atoms with van der Waals surface area (Å²) in [5.41, 5.74) is 2.07. The third-order valence-corrected chi connectivity index (χ3v) is 6.49. The molecular weight excluding hydrogens is 442 g/mol. The monoisotopic (exact) mass is 467 g/mol. The molecule has 0 bridgehead atoms. The molecule has 8 nitrogen and oxygen atoms in total. The van der Waals surface area contributed by atoms with Gasteiger partial charge in [0.05, 0.1) is 17.7 Å². The van der Waals surface area contributed by atoms with Crippen LogP contribution in [0.5, 0.6) is 5.75 Å². The molecule has 3 aromatic carbocycles. The summed E-state index contributed by atoms with van der Waals surface area (Å²) in [4.78, 5) is 24.3. The fraction of sp³-hybridized carbons (Fsp3) is 0.167. The van der Waals surface area contributed by atoms with Gasteiger partial charge in [-0.3, -0.25) is 13.9 Å². The van der Waals surface area contributed by atoms with E-state index in [9.17, 15) is 18.0 Å². The Morgan fingerprint density at radius 1 is 0.909 bits per heavy atom. The van der Waals surface area contributed by atoms with Crippen molar-refractivity contribution in [3.05, 3.63) is 78.4 Å². The van der Waals surface area contributed by atoms with E-state index in [1.807, 2.05) is 6.92 Å². The average molecular weight is 468 g/mol. The molecule has 0 radical (unpaired) electrons. The molecule has 3 aromatic rings. The van der Waals surface area contributed by atoms with Gasteiger partial charge >= 0.3 is 0 Å². The van der Waals surface area contributed by atoms with Crippen LogP contribution >= 0.6 is 0 Å². The number of hydrogen-bond donors (Lipinski definition) is 2. The van der Waals surface area contributed by atoms with Gasteiger partial charge in [0.1, 0.15) is 12.3 Å². The number of methoxy groups -OCH3 is 1. The summed E-state index contributed by atoms with van der Waals surface area (Å²) in [5, 5.41) is 5.33. The Kier molecular flexibility index (Phi) is 7.34. The van der Waals surface area contributed by atoms with Crippen molar-refractivity contribution in [1.82, 2.24) is 0 Å².